The van der Waals surface area contributed by atoms with E-state index in [2.05, 4.69) is 0 Å². The number of benzene rings is 1. The molecule has 0 spiro atoms. The molecule has 0 aromatic heterocycles. The summed E-state index contributed by atoms with van der Waals surface area (Å²) in [5.41, 5.74) is 0. The van der Waals surface area contributed by atoms with Crippen LogP contribution in [-0.2, 0) is 14.4 Å². The Kier molecular flexibility index (Phi) is 6.53. The topological polar surface area (TPSA) is 51.2 Å². The molecule has 1 aromatic rings. The first-order chi connectivity index (χ1) is 11.3. The molecule has 0 saturated heterocycles. The fourth-order valence-electron chi connectivity index (χ4n) is 2.23. The Labute approximate surface area is 133 Å². The number of carbonyl (C=O) groups excluding carboxylic acids is 3. The molecule has 0 bridgehead atoms. The average molecular weight is 363 g/mol. The summed E-state index contributed by atoms with van der Waals surface area (Å²) in [5.74, 6) is -7.13. The number of rotatable bonds is 6. The van der Waals surface area contributed by atoms with Crippen molar-refractivity contribution in [2.24, 2.45) is 0 Å². The van der Waals surface area contributed by atoms with Crippen LogP contribution in [0.1, 0.15) is 6.92 Å². The minimum Gasteiger partial charge on any atom is -0.234 e. The van der Waals surface area contributed by atoms with Crippen molar-refractivity contribution in [3.63, 3.8) is 0 Å². The molecule has 126 valence electrons. The van der Waals surface area contributed by atoms with Gasteiger partial charge in [-0.3, -0.25) is 0 Å². The maximum absolute atomic E-state index is 14.2. The predicted octanol–water partition coefficient (Wildman–Crippen LogP) is 2.54. The highest BCUT2D eigenvalue weighted by molar-refractivity contribution is 7.87. The van der Waals surface area contributed by atoms with Crippen LogP contribution in [0, 0.1) is 29.1 Å². The molecule has 3 nitrogen and oxygen atoms in total. The molecule has 0 fully saturated rings. The van der Waals surface area contributed by atoms with Gasteiger partial charge in [0.2, 0.25) is 29.1 Å². The molecule has 0 saturated carbocycles. The lowest BCUT2D eigenvalue weighted by atomic mass is 10.3. The van der Waals surface area contributed by atoms with Crippen LogP contribution in [0.5, 0.6) is 0 Å². The van der Waals surface area contributed by atoms with Crippen molar-refractivity contribution < 1.29 is 36.3 Å². The first kappa shape index (κ1) is 19.7. The third kappa shape index (κ3) is 3.14. The zero-order valence-corrected chi connectivity index (χ0v) is 13.0. The van der Waals surface area contributed by atoms with E-state index in [4.69, 9.17) is 0 Å². The van der Waals surface area contributed by atoms with Gasteiger partial charge in [-0.1, -0.05) is 0 Å². The first-order valence-corrected chi connectivity index (χ1v) is 8.53. The molecular weight excluding hydrogens is 354 g/mol. The Morgan fingerprint density at radius 2 is 1.42 bits per heavy atom. The Hall–Kier alpha value is -2.35. The molecule has 0 N–H and O–H groups in total. The zero-order chi connectivity index (χ0) is 18.5. The second kappa shape index (κ2) is 7.96. The van der Waals surface area contributed by atoms with E-state index in [9.17, 15) is 36.3 Å². The quantitative estimate of drug-likeness (QED) is 0.195. The van der Waals surface area contributed by atoms with Gasteiger partial charge in [0, 0.05) is 6.08 Å². The summed E-state index contributed by atoms with van der Waals surface area (Å²) >= 11 is 0. The van der Waals surface area contributed by atoms with E-state index in [0.29, 0.717) is 6.08 Å². The van der Waals surface area contributed by atoms with E-state index in [-0.39, 0.29) is 6.16 Å². The maximum Gasteiger partial charge on any atom is 0.207 e. The van der Waals surface area contributed by atoms with Crippen LogP contribution >= 0.6 is 7.26 Å². The van der Waals surface area contributed by atoms with Gasteiger partial charge in [-0.2, -0.15) is 8.78 Å². The van der Waals surface area contributed by atoms with E-state index < -0.39 is 53.1 Å². The Balaban J connectivity index is 4.04. The minimum atomic E-state index is -3.66. The number of halogens is 5. The Morgan fingerprint density at radius 1 is 0.917 bits per heavy atom. The van der Waals surface area contributed by atoms with Crippen LogP contribution in [0.3, 0.4) is 0 Å². The lowest BCUT2D eigenvalue weighted by Crippen LogP contribution is -2.28. The molecule has 9 heteroatoms. The first-order valence-electron chi connectivity index (χ1n) is 6.37. The van der Waals surface area contributed by atoms with Gasteiger partial charge in [0.25, 0.3) is 0 Å². The highest BCUT2D eigenvalue weighted by Gasteiger charge is 2.50. The smallest absolute Gasteiger partial charge is 0.207 e. The summed E-state index contributed by atoms with van der Waals surface area (Å²) in [6, 6.07) is 0. The number of allylic oxidation sites excluding steroid dienone is 3. The molecule has 1 unspecified atom stereocenters. The van der Waals surface area contributed by atoms with E-state index in [1.807, 2.05) is 0 Å². The second-order valence-corrected chi connectivity index (χ2v) is 8.32. The molecule has 0 radical (unpaired) electrons. The molecule has 24 heavy (non-hydrogen) atoms. The van der Waals surface area contributed by atoms with Gasteiger partial charge >= 0.3 is 0 Å². The summed E-state index contributed by atoms with van der Waals surface area (Å²) in [6.07, 6.45) is 0.465. The van der Waals surface area contributed by atoms with Crippen molar-refractivity contribution in [3.8, 4) is 0 Å². The van der Waals surface area contributed by atoms with Crippen molar-refractivity contribution in [1.82, 2.24) is 0 Å². The molecule has 0 aliphatic carbocycles. The summed E-state index contributed by atoms with van der Waals surface area (Å²) in [6.45, 7) is 1.32. The third-order valence-corrected chi connectivity index (χ3v) is 7.68. The SMILES string of the molecule is CC[P+](CC=C=O)(C(=C=O)C=C=O)c1c(F)c(F)c(F)c(F)c1F. The lowest BCUT2D eigenvalue weighted by molar-refractivity contribution is 0.384. The largest absolute Gasteiger partial charge is 0.234 e. The molecule has 1 rings (SSSR count). The zero-order valence-electron chi connectivity index (χ0n) is 12.1. The van der Waals surface area contributed by atoms with Crippen molar-refractivity contribution in [3.05, 3.63) is 46.6 Å². The normalized spacial score (nSPS) is 12.4. The van der Waals surface area contributed by atoms with E-state index >= 15 is 0 Å². The predicted molar refractivity (Wildman–Crippen MR) is 77.9 cm³/mol. The Morgan fingerprint density at radius 3 is 1.79 bits per heavy atom. The van der Waals surface area contributed by atoms with Crippen LogP contribution in [-0.4, -0.2) is 30.1 Å². The van der Waals surface area contributed by atoms with E-state index in [1.165, 1.54) is 24.7 Å². The number of hydrogen-bond acceptors (Lipinski definition) is 3. The summed E-state index contributed by atoms with van der Waals surface area (Å²) in [4.78, 5) is 32.2. The van der Waals surface area contributed by atoms with Crippen molar-refractivity contribution >= 4 is 30.4 Å². The average Bonchev–Trinajstić information content (AvgIpc) is 2.59. The molecule has 0 aliphatic rings. The fourth-order valence-corrected chi connectivity index (χ4v) is 5.57. The number of hydrogen-bond donors (Lipinski definition) is 0. The summed E-state index contributed by atoms with van der Waals surface area (Å²) in [7, 11) is -3.66. The van der Waals surface area contributed by atoms with Gasteiger partial charge in [0.15, 0.2) is 16.6 Å². The van der Waals surface area contributed by atoms with Gasteiger partial charge in [0.1, 0.15) is 19.1 Å². The molecule has 1 aromatic carbocycles. The fraction of sp³-hybridized carbons (Fsp3) is 0.200. The van der Waals surface area contributed by atoms with Crippen LogP contribution in [0.4, 0.5) is 22.0 Å². The van der Waals surface area contributed by atoms with Crippen molar-refractivity contribution in [2.45, 2.75) is 6.92 Å². The molecule has 1 atom stereocenters. The van der Waals surface area contributed by atoms with Gasteiger partial charge in [-0.05, 0) is 6.92 Å². The molecule has 0 aliphatic heterocycles. The van der Waals surface area contributed by atoms with Crippen LogP contribution in [0.2, 0.25) is 0 Å². The van der Waals surface area contributed by atoms with Crippen molar-refractivity contribution in [1.29, 1.82) is 0 Å². The highest BCUT2D eigenvalue weighted by Crippen LogP contribution is 2.64. The maximum atomic E-state index is 14.2. The summed E-state index contributed by atoms with van der Waals surface area (Å²) < 4.78 is 68.6. The Bertz CT molecular complexity index is 790. The highest BCUT2D eigenvalue weighted by atomic mass is 31.2. The lowest BCUT2D eigenvalue weighted by Gasteiger charge is -2.24. The monoisotopic (exact) mass is 363 g/mol. The van der Waals surface area contributed by atoms with E-state index in [1.54, 1.807) is 0 Å². The molecule has 0 amide bonds. The van der Waals surface area contributed by atoms with Gasteiger partial charge in [-0.25, -0.2) is 27.6 Å². The minimum absolute atomic E-state index is 0.272. The van der Waals surface area contributed by atoms with Gasteiger partial charge < -0.3 is 0 Å². The standard InChI is InChI=1S/C15H9F5O3P/c1-2-24(7-3-5-21,9(8-23)4-6-22)15-13(19)11(17)10(16)12(18)14(15)20/h3-4H,2,7H2,1H3/q+1. The third-order valence-electron chi connectivity index (χ3n) is 3.40. The second-order valence-electron chi connectivity index (χ2n) is 4.46. The molecule has 0 heterocycles. The van der Waals surface area contributed by atoms with E-state index in [0.717, 1.165) is 6.08 Å². The van der Waals surface area contributed by atoms with Crippen LogP contribution in [0.15, 0.2) is 17.5 Å². The summed E-state index contributed by atoms with van der Waals surface area (Å²) in [5, 5.41) is -1.83. The van der Waals surface area contributed by atoms with Crippen molar-refractivity contribution in [2.75, 3.05) is 12.3 Å². The van der Waals surface area contributed by atoms with Crippen LogP contribution in [0.25, 0.3) is 0 Å². The van der Waals surface area contributed by atoms with Crippen LogP contribution < -0.4 is 5.30 Å². The van der Waals surface area contributed by atoms with Gasteiger partial charge in [-0.15, -0.1) is 0 Å². The van der Waals surface area contributed by atoms with Gasteiger partial charge in [0.05, 0.1) is 18.4 Å². The molecular formula is C15H9F5O3P+.